The van der Waals surface area contributed by atoms with Gasteiger partial charge in [-0.3, -0.25) is 0 Å². The van der Waals surface area contributed by atoms with Crippen molar-refractivity contribution in [1.29, 1.82) is 0 Å². The standard InChI is InChI=1S/C14H19F4NOS/c1-3-6-19-10(2)11-4-5-13(12(15)9-11)20-7-8-21-14(16,17)18/h4-5,9-10,19H,3,6-8H2,1-2H3. The summed E-state index contributed by atoms with van der Waals surface area (Å²) in [7, 11) is 0. The molecule has 0 aliphatic carbocycles. The molecule has 1 aromatic carbocycles. The molecule has 0 aliphatic rings. The van der Waals surface area contributed by atoms with E-state index in [0.29, 0.717) is 0 Å². The lowest BCUT2D eigenvalue weighted by Gasteiger charge is -2.15. The van der Waals surface area contributed by atoms with Crippen LogP contribution in [-0.2, 0) is 0 Å². The van der Waals surface area contributed by atoms with Crippen molar-refractivity contribution >= 4 is 11.8 Å². The second-order valence-corrected chi connectivity index (χ2v) is 5.67. The maximum Gasteiger partial charge on any atom is 0.441 e. The lowest BCUT2D eigenvalue weighted by Crippen LogP contribution is -2.19. The first-order valence-electron chi connectivity index (χ1n) is 6.69. The van der Waals surface area contributed by atoms with Gasteiger partial charge < -0.3 is 10.1 Å². The number of hydrogen-bond acceptors (Lipinski definition) is 3. The zero-order valence-electron chi connectivity index (χ0n) is 12.0. The highest BCUT2D eigenvalue weighted by molar-refractivity contribution is 8.00. The summed E-state index contributed by atoms with van der Waals surface area (Å²) in [5.41, 5.74) is -3.51. The number of rotatable bonds is 8. The van der Waals surface area contributed by atoms with Crippen molar-refractivity contribution in [3.05, 3.63) is 29.6 Å². The van der Waals surface area contributed by atoms with Gasteiger partial charge in [0.1, 0.15) is 0 Å². The van der Waals surface area contributed by atoms with Crippen LogP contribution >= 0.6 is 11.8 Å². The number of halogens is 4. The first kappa shape index (κ1) is 18.1. The minimum Gasteiger partial charge on any atom is -0.490 e. The Morgan fingerprint density at radius 1 is 1.33 bits per heavy atom. The zero-order valence-corrected chi connectivity index (χ0v) is 12.8. The van der Waals surface area contributed by atoms with E-state index in [9.17, 15) is 17.6 Å². The van der Waals surface area contributed by atoms with Gasteiger partial charge in [-0.1, -0.05) is 13.0 Å². The van der Waals surface area contributed by atoms with Crippen molar-refractivity contribution in [3.8, 4) is 5.75 Å². The third-order valence-corrected chi connectivity index (χ3v) is 3.46. The summed E-state index contributed by atoms with van der Waals surface area (Å²) in [6.07, 6.45) is 0.977. The lowest BCUT2D eigenvalue weighted by atomic mass is 10.1. The van der Waals surface area contributed by atoms with E-state index in [1.54, 1.807) is 6.07 Å². The van der Waals surface area contributed by atoms with Crippen LogP contribution in [0.5, 0.6) is 5.75 Å². The monoisotopic (exact) mass is 325 g/mol. The van der Waals surface area contributed by atoms with Crippen molar-refractivity contribution < 1.29 is 22.3 Å². The number of alkyl halides is 3. The number of benzene rings is 1. The van der Waals surface area contributed by atoms with Crippen molar-refractivity contribution in [2.75, 3.05) is 18.9 Å². The number of hydrogen-bond donors (Lipinski definition) is 1. The van der Waals surface area contributed by atoms with E-state index >= 15 is 0 Å². The second kappa shape index (κ2) is 8.48. The Morgan fingerprint density at radius 2 is 2.05 bits per heavy atom. The summed E-state index contributed by atoms with van der Waals surface area (Å²) in [6, 6.07) is 4.52. The van der Waals surface area contributed by atoms with Gasteiger partial charge in [0.05, 0.1) is 6.61 Å². The molecule has 120 valence electrons. The minimum atomic E-state index is -4.29. The van der Waals surface area contributed by atoms with Crippen LogP contribution in [0.2, 0.25) is 0 Å². The molecule has 0 fully saturated rings. The molecular weight excluding hydrogens is 306 g/mol. The fourth-order valence-electron chi connectivity index (χ4n) is 1.69. The molecule has 0 saturated carbocycles. The fourth-order valence-corrected chi connectivity index (χ4v) is 2.09. The molecule has 1 N–H and O–H groups in total. The third kappa shape index (κ3) is 7.04. The Hall–Kier alpha value is -0.950. The van der Waals surface area contributed by atoms with Crippen molar-refractivity contribution in [2.24, 2.45) is 0 Å². The highest BCUT2D eigenvalue weighted by atomic mass is 32.2. The van der Waals surface area contributed by atoms with Crippen LogP contribution in [0.4, 0.5) is 17.6 Å². The van der Waals surface area contributed by atoms with E-state index in [0.717, 1.165) is 18.5 Å². The second-order valence-electron chi connectivity index (χ2n) is 4.51. The molecule has 0 aromatic heterocycles. The topological polar surface area (TPSA) is 21.3 Å². The van der Waals surface area contributed by atoms with E-state index < -0.39 is 11.3 Å². The predicted octanol–water partition coefficient (Wildman–Crippen LogP) is 4.52. The summed E-state index contributed by atoms with van der Waals surface area (Å²) in [5, 5.41) is 3.23. The van der Waals surface area contributed by atoms with Gasteiger partial charge in [0.25, 0.3) is 0 Å². The first-order valence-corrected chi connectivity index (χ1v) is 7.68. The number of nitrogens with one attached hydrogen (secondary N) is 1. The van der Waals surface area contributed by atoms with E-state index in [4.69, 9.17) is 4.74 Å². The van der Waals surface area contributed by atoms with Crippen LogP contribution in [0.25, 0.3) is 0 Å². The van der Waals surface area contributed by atoms with Gasteiger partial charge in [-0.05, 0) is 49.3 Å². The number of ether oxygens (including phenoxy) is 1. The Bertz CT molecular complexity index is 439. The molecule has 0 bridgehead atoms. The fraction of sp³-hybridized carbons (Fsp3) is 0.571. The van der Waals surface area contributed by atoms with Crippen LogP contribution in [0.1, 0.15) is 31.9 Å². The van der Waals surface area contributed by atoms with Gasteiger partial charge in [-0.2, -0.15) is 13.2 Å². The molecular formula is C14H19F4NOS. The van der Waals surface area contributed by atoms with Gasteiger partial charge in [-0.25, -0.2) is 4.39 Å². The minimum absolute atomic E-state index is 0.00860. The van der Waals surface area contributed by atoms with Crippen molar-refractivity contribution in [3.63, 3.8) is 0 Å². The maximum absolute atomic E-state index is 13.8. The quantitative estimate of drug-likeness (QED) is 0.561. The van der Waals surface area contributed by atoms with Crippen LogP contribution in [0.15, 0.2) is 18.2 Å². The SMILES string of the molecule is CCCNC(C)c1ccc(OCCSC(F)(F)F)c(F)c1. The third-order valence-electron chi connectivity index (χ3n) is 2.76. The van der Waals surface area contributed by atoms with E-state index in [1.165, 1.54) is 12.1 Å². The molecule has 1 aromatic rings. The summed E-state index contributed by atoms with van der Waals surface area (Å²) < 4.78 is 54.6. The van der Waals surface area contributed by atoms with Crippen LogP contribution < -0.4 is 10.1 Å². The molecule has 21 heavy (non-hydrogen) atoms. The van der Waals surface area contributed by atoms with E-state index in [2.05, 4.69) is 5.32 Å². The molecule has 0 radical (unpaired) electrons. The molecule has 1 unspecified atom stereocenters. The van der Waals surface area contributed by atoms with Gasteiger partial charge in [0, 0.05) is 11.8 Å². The molecule has 0 aliphatic heterocycles. The van der Waals surface area contributed by atoms with Gasteiger partial charge in [-0.15, -0.1) is 0 Å². The zero-order chi connectivity index (χ0) is 15.9. The van der Waals surface area contributed by atoms with Crippen LogP contribution in [0.3, 0.4) is 0 Å². The van der Waals surface area contributed by atoms with Gasteiger partial charge >= 0.3 is 5.51 Å². The lowest BCUT2D eigenvalue weighted by molar-refractivity contribution is -0.0329. The largest absolute Gasteiger partial charge is 0.490 e. The highest BCUT2D eigenvalue weighted by Gasteiger charge is 2.27. The Balaban J connectivity index is 2.50. The highest BCUT2D eigenvalue weighted by Crippen LogP contribution is 2.30. The molecule has 1 rings (SSSR count). The van der Waals surface area contributed by atoms with Gasteiger partial charge in [0.2, 0.25) is 0 Å². The maximum atomic E-state index is 13.8. The molecule has 2 nitrogen and oxygen atoms in total. The molecule has 7 heteroatoms. The first-order chi connectivity index (χ1) is 9.83. The van der Waals surface area contributed by atoms with Gasteiger partial charge in [0.15, 0.2) is 11.6 Å². The van der Waals surface area contributed by atoms with E-state index in [1.807, 2.05) is 13.8 Å². The summed E-state index contributed by atoms with van der Waals surface area (Å²) >= 11 is -0.182. The molecule has 0 spiro atoms. The summed E-state index contributed by atoms with van der Waals surface area (Å²) in [6.45, 7) is 4.60. The van der Waals surface area contributed by atoms with E-state index in [-0.39, 0.29) is 35.9 Å². The normalized spacial score (nSPS) is 13.2. The Kier molecular flexibility index (Phi) is 7.31. The molecule has 0 saturated heterocycles. The van der Waals surface area contributed by atoms with Crippen molar-refractivity contribution in [2.45, 2.75) is 31.8 Å². The number of thioether (sulfide) groups is 1. The Morgan fingerprint density at radius 3 is 2.62 bits per heavy atom. The molecule has 0 heterocycles. The Labute approximate surface area is 126 Å². The summed E-state index contributed by atoms with van der Waals surface area (Å²) in [5.74, 6) is -0.849. The van der Waals surface area contributed by atoms with Crippen LogP contribution in [-0.4, -0.2) is 24.4 Å². The van der Waals surface area contributed by atoms with Crippen LogP contribution in [0, 0.1) is 5.82 Å². The predicted molar refractivity (Wildman–Crippen MR) is 77.1 cm³/mol. The summed E-state index contributed by atoms with van der Waals surface area (Å²) in [4.78, 5) is 0. The smallest absolute Gasteiger partial charge is 0.441 e. The van der Waals surface area contributed by atoms with Crippen molar-refractivity contribution in [1.82, 2.24) is 5.32 Å². The molecule has 1 atom stereocenters. The average molecular weight is 325 g/mol. The molecule has 0 amide bonds. The average Bonchev–Trinajstić information content (AvgIpc) is 2.41.